The van der Waals surface area contributed by atoms with E-state index in [4.69, 9.17) is 0 Å². The number of aryl methyl sites for hydroxylation is 2. The number of aromatic nitrogens is 2. The summed E-state index contributed by atoms with van der Waals surface area (Å²) in [5.41, 5.74) is 3.14. The number of nitrogens with zero attached hydrogens (tertiary/aromatic N) is 3. The standard InChI is InChI=1S/C16H20N4OS2/c1-11-5-6-13(12(2)9-11)17-14(21)10-22-16-19-18-15(23-16)20-7-3-4-8-20/h5-6,9H,3-4,7-8,10H2,1-2H3,(H,17,21). The first kappa shape index (κ1) is 16.3. The van der Waals surface area contributed by atoms with Crippen LogP contribution >= 0.6 is 23.1 Å². The zero-order valence-electron chi connectivity index (χ0n) is 13.3. The second-order valence-corrected chi connectivity index (χ2v) is 7.88. The van der Waals surface area contributed by atoms with Gasteiger partial charge in [-0.2, -0.15) is 0 Å². The van der Waals surface area contributed by atoms with Crippen LogP contribution in [0.4, 0.5) is 10.8 Å². The maximum absolute atomic E-state index is 12.1. The Labute approximate surface area is 144 Å². The predicted molar refractivity (Wildman–Crippen MR) is 96.6 cm³/mol. The maximum Gasteiger partial charge on any atom is 0.234 e. The van der Waals surface area contributed by atoms with E-state index in [0.29, 0.717) is 5.75 Å². The van der Waals surface area contributed by atoms with Crippen LogP contribution in [0.15, 0.2) is 22.5 Å². The molecule has 7 heteroatoms. The number of nitrogens with one attached hydrogen (secondary N) is 1. The summed E-state index contributed by atoms with van der Waals surface area (Å²) >= 11 is 3.01. The average molecular weight is 348 g/mol. The molecule has 0 saturated carbocycles. The summed E-state index contributed by atoms with van der Waals surface area (Å²) < 4.78 is 0.850. The van der Waals surface area contributed by atoms with Gasteiger partial charge in [0.05, 0.1) is 5.75 Å². The van der Waals surface area contributed by atoms with Gasteiger partial charge >= 0.3 is 0 Å². The van der Waals surface area contributed by atoms with Crippen molar-refractivity contribution < 1.29 is 4.79 Å². The molecule has 1 saturated heterocycles. The van der Waals surface area contributed by atoms with Crippen molar-refractivity contribution in [2.45, 2.75) is 31.0 Å². The Morgan fingerprint density at radius 2 is 2.09 bits per heavy atom. The minimum Gasteiger partial charge on any atom is -0.347 e. The maximum atomic E-state index is 12.1. The molecule has 0 spiro atoms. The van der Waals surface area contributed by atoms with Crippen LogP contribution in [-0.2, 0) is 4.79 Å². The molecule has 122 valence electrons. The summed E-state index contributed by atoms with van der Waals surface area (Å²) in [6, 6.07) is 6.02. The monoisotopic (exact) mass is 348 g/mol. The van der Waals surface area contributed by atoms with E-state index in [2.05, 4.69) is 26.5 Å². The van der Waals surface area contributed by atoms with Gasteiger partial charge in [-0.25, -0.2) is 0 Å². The summed E-state index contributed by atoms with van der Waals surface area (Å²) in [4.78, 5) is 14.4. The zero-order chi connectivity index (χ0) is 16.2. The molecule has 1 aliphatic rings. The van der Waals surface area contributed by atoms with Crippen LogP contribution < -0.4 is 10.2 Å². The first-order valence-corrected chi connectivity index (χ1v) is 9.50. The lowest BCUT2D eigenvalue weighted by Crippen LogP contribution is -2.17. The van der Waals surface area contributed by atoms with Gasteiger partial charge in [-0.1, -0.05) is 40.8 Å². The highest BCUT2D eigenvalue weighted by Crippen LogP contribution is 2.30. The first-order chi connectivity index (χ1) is 11.1. The van der Waals surface area contributed by atoms with Crippen molar-refractivity contribution >= 4 is 39.8 Å². The second-order valence-electron chi connectivity index (χ2n) is 5.70. The van der Waals surface area contributed by atoms with E-state index in [1.165, 1.54) is 30.2 Å². The van der Waals surface area contributed by atoms with Crippen molar-refractivity contribution in [1.29, 1.82) is 0 Å². The molecule has 0 radical (unpaired) electrons. The molecular formula is C16H20N4OS2. The summed E-state index contributed by atoms with van der Waals surface area (Å²) in [6.07, 6.45) is 2.45. The molecule has 1 aromatic heterocycles. The number of anilines is 2. The minimum atomic E-state index is -0.0140. The number of rotatable bonds is 5. The summed E-state index contributed by atoms with van der Waals surface area (Å²) in [6.45, 7) is 6.17. The van der Waals surface area contributed by atoms with Gasteiger partial charge in [-0.15, -0.1) is 10.2 Å². The Morgan fingerprint density at radius 1 is 1.30 bits per heavy atom. The van der Waals surface area contributed by atoms with Gasteiger partial charge < -0.3 is 10.2 Å². The number of thioether (sulfide) groups is 1. The van der Waals surface area contributed by atoms with E-state index in [1.807, 2.05) is 26.0 Å². The van der Waals surface area contributed by atoms with Gasteiger partial charge in [0.1, 0.15) is 0 Å². The number of carbonyl (C=O) groups is 1. The number of hydrogen-bond acceptors (Lipinski definition) is 6. The molecule has 1 aliphatic heterocycles. The molecule has 2 aromatic rings. The lowest BCUT2D eigenvalue weighted by Gasteiger charge is -2.10. The molecule has 0 unspecified atom stereocenters. The Hall–Kier alpha value is -1.60. The van der Waals surface area contributed by atoms with Gasteiger partial charge in [0.2, 0.25) is 11.0 Å². The van der Waals surface area contributed by atoms with Gasteiger partial charge in [0.25, 0.3) is 0 Å². The largest absolute Gasteiger partial charge is 0.347 e. The Balaban J connectivity index is 1.52. The Bertz CT molecular complexity index is 695. The molecule has 1 aromatic carbocycles. The molecule has 5 nitrogen and oxygen atoms in total. The van der Waals surface area contributed by atoms with E-state index >= 15 is 0 Å². The molecule has 0 aliphatic carbocycles. The number of benzene rings is 1. The van der Waals surface area contributed by atoms with Crippen molar-refractivity contribution in [3.63, 3.8) is 0 Å². The van der Waals surface area contributed by atoms with Crippen LogP contribution in [0, 0.1) is 13.8 Å². The van der Waals surface area contributed by atoms with Crippen LogP contribution in [0.2, 0.25) is 0 Å². The van der Waals surface area contributed by atoms with E-state index < -0.39 is 0 Å². The van der Waals surface area contributed by atoms with Crippen LogP contribution in [0.1, 0.15) is 24.0 Å². The Kier molecular flexibility index (Phi) is 5.17. The second kappa shape index (κ2) is 7.31. The highest BCUT2D eigenvalue weighted by molar-refractivity contribution is 8.01. The van der Waals surface area contributed by atoms with Crippen molar-refractivity contribution in [3.05, 3.63) is 29.3 Å². The highest BCUT2D eigenvalue weighted by atomic mass is 32.2. The van der Waals surface area contributed by atoms with E-state index in [1.54, 1.807) is 11.3 Å². The van der Waals surface area contributed by atoms with Crippen LogP contribution in [0.3, 0.4) is 0 Å². The van der Waals surface area contributed by atoms with Gasteiger partial charge in [0, 0.05) is 18.8 Å². The SMILES string of the molecule is Cc1ccc(NC(=O)CSc2nnc(N3CCCC3)s2)c(C)c1. The molecular weight excluding hydrogens is 328 g/mol. The predicted octanol–water partition coefficient (Wildman–Crippen LogP) is 3.49. The number of carbonyl (C=O) groups excluding carboxylic acids is 1. The summed E-state index contributed by atoms with van der Waals surface area (Å²) in [5, 5.41) is 12.3. The molecule has 1 fully saturated rings. The normalized spacial score (nSPS) is 14.3. The lowest BCUT2D eigenvalue weighted by atomic mass is 10.1. The first-order valence-electron chi connectivity index (χ1n) is 7.70. The third kappa shape index (κ3) is 4.23. The fraction of sp³-hybridized carbons (Fsp3) is 0.438. The van der Waals surface area contributed by atoms with Crippen molar-refractivity contribution in [2.75, 3.05) is 29.1 Å². The van der Waals surface area contributed by atoms with Crippen LogP contribution in [0.5, 0.6) is 0 Å². The minimum absolute atomic E-state index is 0.0140. The van der Waals surface area contributed by atoms with Gasteiger partial charge in [-0.3, -0.25) is 4.79 Å². The smallest absolute Gasteiger partial charge is 0.234 e. The van der Waals surface area contributed by atoms with Gasteiger partial charge in [0.15, 0.2) is 4.34 Å². The molecule has 0 bridgehead atoms. The van der Waals surface area contributed by atoms with Crippen molar-refractivity contribution in [2.24, 2.45) is 0 Å². The highest BCUT2D eigenvalue weighted by Gasteiger charge is 2.17. The van der Waals surface area contributed by atoms with Crippen LogP contribution in [-0.4, -0.2) is 34.9 Å². The third-order valence-electron chi connectivity index (χ3n) is 3.76. The molecule has 0 atom stereocenters. The van der Waals surface area contributed by atoms with Crippen molar-refractivity contribution in [3.8, 4) is 0 Å². The third-order valence-corrected chi connectivity index (χ3v) is 5.87. The fourth-order valence-corrected chi connectivity index (χ4v) is 4.26. The lowest BCUT2D eigenvalue weighted by molar-refractivity contribution is -0.113. The number of hydrogen-bond donors (Lipinski definition) is 1. The zero-order valence-corrected chi connectivity index (χ0v) is 15.0. The summed E-state index contributed by atoms with van der Waals surface area (Å²) in [5.74, 6) is 0.335. The van der Waals surface area contributed by atoms with E-state index in [0.717, 1.165) is 33.8 Å². The molecule has 23 heavy (non-hydrogen) atoms. The molecule has 1 N–H and O–H groups in total. The Morgan fingerprint density at radius 3 is 2.83 bits per heavy atom. The number of amides is 1. The average Bonchev–Trinajstić information content (AvgIpc) is 3.18. The van der Waals surface area contributed by atoms with Gasteiger partial charge in [-0.05, 0) is 38.3 Å². The van der Waals surface area contributed by atoms with Crippen LogP contribution in [0.25, 0.3) is 0 Å². The van der Waals surface area contributed by atoms with E-state index in [-0.39, 0.29) is 5.91 Å². The fourth-order valence-electron chi connectivity index (χ4n) is 2.56. The topological polar surface area (TPSA) is 58.1 Å². The molecule has 1 amide bonds. The quantitative estimate of drug-likeness (QED) is 0.838. The van der Waals surface area contributed by atoms with E-state index in [9.17, 15) is 4.79 Å². The molecule has 3 rings (SSSR count). The molecule has 2 heterocycles. The van der Waals surface area contributed by atoms with Crippen molar-refractivity contribution in [1.82, 2.24) is 10.2 Å². The summed E-state index contributed by atoms with van der Waals surface area (Å²) in [7, 11) is 0.